The molecule has 2 aliphatic rings. The normalized spacial score (nSPS) is 19.9. The lowest BCUT2D eigenvalue weighted by molar-refractivity contribution is -0.122. The van der Waals surface area contributed by atoms with Gasteiger partial charge in [-0.1, -0.05) is 13.3 Å². The van der Waals surface area contributed by atoms with Crippen LogP contribution in [0.5, 0.6) is 0 Å². The van der Waals surface area contributed by atoms with E-state index < -0.39 is 0 Å². The molecular formula is C19H34N6O. The van der Waals surface area contributed by atoms with Gasteiger partial charge < -0.3 is 10.2 Å². The summed E-state index contributed by atoms with van der Waals surface area (Å²) in [6, 6.07) is 2.15. The number of fused-ring (bicyclic) bond motifs is 1. The third kappa shape index (κ3) is 5.53. The van der Waals surface area contributed by atoms with Gasteiger partial charge in [-0.05, 0) is 45.6 Å². The Balaban J connectivity index is 1.44. The van der Waals surface area contributed by atoms with Crippen molar-refractivity contribution >= 4 is 5.91 Å². The molecule has 26 heavy (non-hydrogen) atoms. The Labute approximate surface area is 157 Å². The first-order valence-corrected chi connectivity index (χ1v) is 10.1. The van der Waals surface area contributed by atoms with Gasteiger partial charge in [0.25, 0.3) is 0 Å². The lowest BCUT2D eigenvalue weighted by atomic mass is 10.2. The van der Waals surface area contributed by atoms with Crippen molar-refractivity contribution in [2.24, 2.45) is 0 Å². The summed E-state index contributed by atoms with van der Waals surface area (Å²) in [5.41, 5.74) is 2.24. The van der Waals surface area contributed by atoms with Crippen LogP contribution in [0.15, 0.2) is 6.07 Å². The Morgan fingerprint density at radius 1 is 1.15 bits per heavy atom. The molecule has 1 N–H and O–H groups in total. The molecule has 146 valence electrons. The molecular weight excluding hydrogens is 328 g/mol. The molecule has 0 saturated carbocycles. The minimum atomic E-state index is 0.102. The third-order valence-electron chi connectivity index (χ3n) is 5.40. The van der Waals surface area contributed by atoms with E-state index in [0.717, 1.165) is 57.9 Å². The lowest BCUT2D eigenvalue weighted by Gasteiger charge is -2.27. The van der Waals surface area contributed by atoms with Gasteiger partial charge in [0.05, 0.1) is 31.0 Å². The van der Waals surface area contributed by atoms with E-state index in [0.29, 0.717) is 13.1 Å². The standard InChI is InChI=1S/C19H34N6O/c1-3-4-7-23-11-12-25-18(15-23)13-17(21-25)14-20-19(26)16-24-8-5-6-22(2)9-10-24/h13H,3-12,14-16H2,1-2H3,(H,20,26). The van der Waals surface area contributed by atoms with Crippen molar-refractivity contribution in [2.45, 2.75) is 45.8 Å². The molecule has 1 aromatic rings. The van der Waals surface area contributed by atoms with Gasteiger partial charge in [0.1, 0.15) is 0 Å². The topological polar surface area (TPSA) is 56.6 Å². The fourth-order valence-electron chi connectivity index (χ4n) is 3.75. The molecule has 0 radical (unpaired) electrons. The van der Waals surface area contributed by atoms with Crippen LogP contribution in [0.25, 0.3) is 0 Å². The maximum atomic E-state index is 12.3. The number of carbonyl (C=O) groups excluding carboxylic acids is 1. The molecule has 0 unspecified atom stereocenters. The monoisotopic (exact) mass is 362 g/mol. The smallest absolute Gasteiger partial charge is 0.234 e. The van der Waals surface area contributed by atoms with Crippen LogP contribution in [-0.2, 0) is 24.4 Å². The lowest BCUT2D eigenvalue weighted by Crippen LogP contribution is -2.38. The second kappa shape index (κ2) is 9.48. The number of hydrogen-bond donors (Lipinski definition) is 1. The zero-order valence-electron chi connectivity index (χ0n) is 16.4. The molecule has 1 amide bonds. The van der Waals surface area contributed by atoms with Crippen LogP contribution in [0, 0.1) is 0 Å². The van der Waals surface area contributed by atoms with Crippen molar-refractivity contribution in [3.05, 3.63) is 17.5 Å². The number of hydrogen-bond acceptors (Lipinski definition) is 5. The number of carbonyl (C=O) groups is 1. The minimum Gasteiger partial charge on any atom is -0.349 e. The van der Waals surface area contributed by atoms with Gasteiger partial charge in [0.15, 0.2) is 0 Å². The molecule has 0 atom stereocenters. The van der Waals surface area contributed by atoms with Crippen molar-refractivity contribution in [3.63, 3.8) is 0 Å². The molecule has 1 aromatic heterocycles. The summed E-state index contributed by atoms with van der Waals surface area (Å²) in [5, 5.41) is 7.71. The van der Waals surface area contributed by atoms with Crippen LogP contribution < -0.4 is 5.32 Å². The highest BCUT2D eigenvalue weighted by Crippen LogP contribution is 2.14. The van der Waals surface area contributed by atoms with Crippen molar-refractivity contribution in [1.29, 1.82) is 0 Å². The van der Waals surface area contributed by atoms with Gasteiger partial charge in [-0.15, -0.1) is 0 Å². The van der Waals surface area contributed by atoms with E-state index in [-0.39, 0.29) is 5.91 Å². The number of nitrogens with one attached hydrogen (secondary N) is 1. The molecule has 3 heterocycles. The van der Waals surface area contributed by atoms with Gasteiger partial charge in [-0.2, -0.15) is 5.10 Å². The predicted molar refractivity (Wildman–Crippen MR) is 103 cm³/mol. The average Bonchev–Trinajstić information content (AvgIpc) is 2.93. The number of nitrogens with zero attached hydrogens (tertiary/aromatic N) is 5. The van der Waals surface area contributed by atoms with Crippen LogP contribution in [-0.4, -0.2) is 83.2 Å². The zero-order valence-corrected chi connectivity index (χ0v) is 16.4. The molecule has 1 saturated heterocycles. The van der Waals surface area contributed by atoms with Crippen molar-refractivity contribution < 1.29 is 4.79 Å². The summed E-state index contributed by atoms with van der Waals surface area (Å²) >= 11 is 0. The molecule has 3 rings (SSSR count). The summed E-state index contributed by atoms with van der Waals surface area (Å²) in [4.78, 5) is 19.4. The molecule has 1 fully saturated rings. The first kappa shape index (κ1) is 19.3. The molecule has 0 spiro atoms. The van der Waals surface area contributed by atoms with E-state index in [1.165, 1.54) is 25.1 Å². The van der Waals surface area contributed by atoms with Crippen LogP contribution >= 0.6 is 0 Å². The van der Waals surface area contributed by atoms with Gasteiger partial charge in [0, 0.05) is 26.2 Å². The molecule has 0 aliphatic carbocycles. The van der Waals surface area contributed by atoms with Gasteiger partial charge >= 0.3 is 0 Å². The highest BCUT2D eigenvalue weighted by molar-refractivity contribution is 5.77. The number of rotatable bonds is 7. The summed E-state index contributed by atoms with van der Waals surface area (Å²) in [7, 11) is 2.15. The second-order valence-corrected chi connectivity index (χ2v) is 7.69. The van der Waals surface area contributed by atoms with E-state index in [9.17, 15) is 4.79 Å². The Morgan fingerprint density at radius 3 is 2.85 bits per heavy atom. The van der Waals surface area contributed by atoms with Crippen molar-refractivity contribution in [2.75, 3.05) is 52.9 Å². The van der Waals surface area contributed by atoms with Crippen LogP contribution in [0.2, 0.25) is 0 Å². The Hall–Kier alpha value is -1.44. The minimum absolute atomic E-state index is 0.102. The highest BCUT2D eigenvalue weighted by atomic mass is 16.2. The van der Waals surface area contributed by atoms with E-state index in [2.05, 4.69) is 49.8 Å². The molecule has 0 aromatic carbocycles. The number of amides is 1. The Kier molecular flexibility index (Phi) is 7.05. The largest absolute Gasteiger partial charge is 0.349 e. The number of unbranched alkanes of at least 4 members (excludes halogenated alkanes) is 1. The van der Waals surface area contributed by atoms with E-state index >= 15 is 0 Å². The third-order valence-corrected chi connectivity index (χ3v) is 5.40. The SMILES string of the molecule is CCCCN1CCn2nc(CNC(=O)CN3CCCN(C)CC3)cc2C1. The first-order chi connectivity index (χ1) is 12.6. The maximum Gasteiger partial charge on any atom is 0.234 e. The van der Waals surface area contributed by atoms with Crippen LogP contribution in [0.4, 0.5) is 0 Å². The van der Waals surface area contributed by atoms with Crippen molar-refractivity contribution in [1.82, 2.24) is 29.8 Å². The fraction of sp³-hybridized carbons (Fsp3) is 0.789. The van der Waals surface area contributed by atoms with Crippen LogP contribution in [0.3, 0.4) is 0 Å². The summed E-state index contributed by atoms with van der Waals surface area (Å²) in [5.74, 6) is 0.102. The predicted octanol–water partition coefficient (Wildman–Crippen LogP) is 0.753. The van der Waals surface area contributed by atoms with Gasteiger partial charge in [-0.25, -0.2) is 0 Å². The zero-order chi connectivity index (χ0) is 18.4. The van der Waals surface area contributed by atoms with E-state index in [1.807, 2.05) is 0 Å². The molecule has 7 nitrogen and oxygen atoms in total. The second-order valence-electron chi connectivity index (χ2n) is 7.69. The molecule has 7 heteroatoms. The van der Waals surface area contributed by atoms with E-state index in [1.54, 1.807) is 0 Å². The molecule has 2 aliphatic heterocycles. The molecule has 0 bridgehead atoms. The van der Waals surface area contributed by atoms with E-state index in [4.69, 9.17) is 0 Å². The average molecular weight is 363 g/mol. The van der Waals surface area contributed by atoms with Gasteiger partial charge in [-0.3, -0.25) is 19.3 Å². The maximum absolute atomic E-state index is 12.3. The highest BCUT2D eigenvalue weighted by Gasteiger charge is 2.19. The van der Waals surface area contributed by atoms with Crippen LogP contribution in [0.1, 0.15) is 37.6 Å². The fourth-order valence-corrected chi connectivity index (χ4v) is 3.75. The quantitative estimate of drug-likeness (QED) is 0.776. The van der Waals surface area contributed by atoms with Gasteiger partial charge in [0.2, 0.25) is 5.91 Å². The number of likely N-dealkylation sites (N-methyl/N-ethyl adjacent to an activating group) is 1. The summed E-state index contributed by atoms with van der Waals surface area (Å²) in [6.07, 6.45) is 3.62. The summed E-state index contributed by atoms with van der Waals surface area (Å²) in [6.45, 7) is 11.6. The van der Waals surface area contributed by atoms with Crippen molar-refractivity contribution in [3.8, 4) is 0 Å². The first-order valence-electron chi connectivity index (χ1n) is 10.1. The summed E-state index contributed by atoms with van der Waals surface area (Å²) < 4.78 is 2.11. The number of aromatic nitrogens is 2. The Bertz CT molecular complexity index is 587. The Morgan fingerprint density at radius 2 is 2.00 bits per heavy atom.